The van der Waals surface area contributed by atoms with Crippen molar-refractivity contribution < 1.29 is 14.3 Å². The van der Waals surface area contributed by atoms with Gasteiger partial charge in [0.1, 0.15) is 0 Å². The summed E-state index contributed by atoms with van der Waals surface area (Å²) in [5, 5.41) is 3.04. The molecule has 0 fully saturated rings. The lowest BCUT2D eigenvalue weighted by atomic mass is 10.2. The van der Waals surface area contributed by atoms with Crippen LogP contribution in [-0.2, 0) is 16.0 Å². The van der Waals surface area contributed by atoms with Gasteiger partial charge in [-0.3, -0.25) is 9.59 Å². The minimum atomic E-state index is -0.528. The van der Waals surface area contributed by atoms with Crippen molar-refractivity contribution in [3.05, 3.63) is 51.9 Å². The van der Waals surface area contributed by atoms with Crippen molar-refractivity contribution in [1.82, 2.24) is 9.97 Å². The molecule has 0 unspecified atom stereocenters. The number of nitrogens with zero attached hydrogens (tertiary/aromatic N) is 1. The van der Waals surface area contributed by atoms with Gasteiger partial charge >= 0.3 is 5.97 Å². The van der Waals surface area contributed by atoms with E-state index >= 15 is 0 Å². The van der Waals surface area contributed by atoms with Crippen molar-refractivity contribution in [2.24, 2.45) is 0 Å². The number of para-hydroxylation sites is 1. The number of amides is 1. The van der Waals surface area contributed by atoms with Crippen LogP contribution in [0.2, 0.25) is 0 Å². The second-order valence-corrected chi connectivity index (χ2v) is 5.73. The molecule has 1 amide bonds. The summed E-state index contributed by atoms with van der Waals surface area (Å²) in [5.41, 5.74) is 1.06. The molecule has 0 radical (unpaired) electrons. The molecule has 0 saturated heterocycles. The Kier molecular flexibility index (Phi) is 6.14. The van der Waals surface area contributed by atoms with E-state index in [2.05, 4.69) is 20.0 Å². The largest absolute Gasteiger partial charge is 0.465 e. The fourth-order valence-electron chi connectivity index (χ4n) is 1.93. The van der Waals surface area contributed by atoms with Gasteiger partial charge in [0.05, 0.1) is 24.1 Å². The third-order valence-corrected chi connectivity index (χ3v) is 3.95. The van der Waals surface area contributed by atoms with Gasteiger partial charge in [-0.15, -0.1) is 0 Å². The zero-order valence-electron chi connectivity index (χ0n) is 13.3. The van der Waals surface area contributed by atoms with Gasteiger partial charge < -0.3 is 15.0 Å². The number of anilines is 1. The fourth-order valence-corrected chi connectivity index (χ4v) is 2.63. The molecule has 0 bridgehead atoms. The van der Waals surface area contributed by atoms with Crippen molar-refractivity contribution in [3.8, 4) is 0 Å². The second-order valence-electron chi connectivity index (χ2n) is 4.77. The molecule has 8 heteroatoms. The number of thioether (sulfide) groups is 1. The van der Waals surface area contributed by atoms with E-state index in [0.29, 0.717) is 23.0 Å². The Labute approximate surface area is 142 Å². The molecule has 7 nitrogen and oxygen atoms in total. The van der Waals surface area contributed by atoms with E-state index in [1.165, 1.54) is 13.2 Å². The average molecular weight is 347 g/mol. The molecular formula is C16H17N3O4S. The molecule has 2 aromatic rings. The van der Waals surface area contributed by atoms with Gasteiger partial charge in [0, 0.05) is 11.8 Å². The summed E-state index contributed by atoms with van der Waals surface area (Å²) in [6.07, 6.45) is 0.635. The topological polar surface area (TPSA) is 101 Å². The van der Waals surface area contributed by atoms with Crippen LogP contribution < -0.4 is 10.9 Å². The van der Waals surface area contributed by atoms with Gasteiger partial charge in [-0.2, -0.15) is 0 Å². The first-order valence-corrected chi connectivity index (χ1v) is 8.22. The van der Waals surface area contributed by atoms with E-state index in [-0.39, 0.29) is 22.8 Å². The number of aromatic amines is 1. The van der Waals surface area contributed by atoms with E-state index < -0.39 is 5.97 Å². The number of nitrogens with one attached hydrogen (secondary N) is 2. The summed E-state index contributed by atoms with van der Waals surface area (Å²) >= 11 is 1.12. The molecule has 1 heterocycles. The highest BCUT2D eigenvalue weighted by molar-refractivity contribution is 7.99. The predicted octanol–water partition coefficient (Wildman–Crippen LogP) is 1.85. The minimum Gasteiger partial charge on any atom is -0.465 e. The second kappa shape index (κ2) is 8.30. The van der Waals surface area contributed by atoms with Crippen molar-refractivity contribution in [2.75, 3.05) is 18.2 Å². The van der Waals surface area contributed by atoms with Gasteiger partial charge in [0.2, 0.25) is 5.91 Å². The highest BCUT2D eigenvalue weighted by Crippen LogP contribution is 2.17. The third-order valence-electron chi connectivity index (χ3n) is 3.08. The number of carbonyl (C=O) groups is 2. The monoisotopic (exact) mass is 347 g/mol. The number of aromatic nitrogens is 2. The maximum atomic E-state index is 12.1. The Bertz CT molecular complexity index is 804. The summed E-state index contributed by atoms with van der Waals surface area (Å²) in [7, 11) is 1.28. The van der Waals surface area contributed by atoms with Crippen LogP contribution in [0, 0.1) is 0 Å². The van der Waals surface area contributed by atoms with Gasteiger partial charge in [-0.05, 0) is 18.6 Å². The lowest BCUT2D eigenvalue weighted by Crippen LogP contribution is -2.18. The molecule has 126 valence electrons. The van der Waals surface area contributed by atoms with Crippen molar-refractivity contribution in [3.63, 3.8) is 0 Å². The highest BCUT2D eigenvalue weighted by atomic mass is 32.2. The Balaban J connectivity index is 2.03. The van der Waals surface area contributed by atoms with E-state index in [4.69, 9.17) is 0 Å². The van der Waals surface area contributed by atoms with Crippen LogP contribution in [0.3, 0.4) is 0 Å². The smallest absolute Gasteiger partial charge is 0.339 e. The van der Waals surface area contributed by atoms with Gasteiger partial charge in [0.15, 0.2) is 5.16 Å². The standard InChI is InChI=1S/C16H17N3O4S/c1-3-10-8-13(20)19-16(17-10)24-9-14(21)18-12-7-5-4-6-11(12)15(22)23-2/h4-8H,3,9H2,1-2H3,(H,18,21)(H,17,19,20). The molecule has 0 aliphatic heterocycles. The Hall–Kier alpha value is -2.61. The normalized spacial score (nSPS) is 10.2. The van der Waals surface area contributed by atoms with E-state index in [1.54, 1.807) is 24.3 Å². The molecule has 0 saturated carbocycles. The summed E-state index contributed by atoms with van der Waals surface area (Å²) in [6, 6.07) is 8.00. The van der Waals surface area contributed by atoms with Crippen molar-refractivity contribution in [1.29, 1.82) is 0 Å². The number of aryl methyl sites for hydroxylation is 1. The van der Waals surface area contributed by atoms with Gasteiger partial charge in [-0.1, -0.05) is 30.8 Å². The van der Waals surface area contributed by atoms with Crippen molar-refractivity contribution >= 4 is 29.3 Å². The zero-order chi connectivity index (χ0) is 17.5. The maximum absolute atomic E-state index is 12.1. The average Bonchev–Trinajstić information content (AvgIpc) is 2.59. The number of benzene rings is 1. The van der Waals surface area contributed by atoms with Crippen LogP contribution in [0.1, 0.15) is 23.0 Å². The number of rotatable bonds is 6. The lowest BCUT2D eigenvalue weighted by Gasteiger charge is -2.09. The molecule has 0 atom stereocenters. The SMILES string of the molecule is CCc1cc(=O)[nH]c(SCC(=O)Nc2ccccc2C(=O)OC)n1. The Morgan fingerprint density at radius 3 is 2.79 bits per heavy atom. The van der Waals surface area contributed by atoms with Crippen LogP contribution in [0.15, 0.2) is 40.3 Å². The fraction of sp³-hybridized carbons (Fsp3) is 0.250. The van der Waals surface area contributed by atoms with E-state index in [0.717, 1.165) is 11.8 Å². The number of carbonyl (C=O) groups excluding carboxylic acids is 2. The molecule has 0 aliphatic rings. The summed E-state index contributed by atoms with van der Waals surface area (Å²) in [4.78, 5) is 42.1. The molecule has 0 spiro atoms. The first kappa shape index (κ1) is 17.7. The third kappa shape index (κ3) is 4.69. The van der Waals surface area contributed by atoms with Gasteiger partial charge in [-0.25, -0.2) is 9.78 Å². The van der Waals surface area contributed by atoms with Crippen LogP contribution in [0.4, 0.5) is 5.69 Å². The maximum Gasteiger partial charge on any atom is 0.339 e. The first-order chi connectivity index (χ1) is 11.5. The highest BCUT2D eigenvalue weighted by Gasteiger charge is 2.13. The number of hydrogen-bond donors (Lipinski definition) is 2. The zero-order valence-corrected chi connectivity index (χ0v) is 14.1. The lowest BCUT2D eigenvalue weighted by molar-refractivity contribution is -0.113. The van der Waals surface area contributed by atoms with E-state index in [1.807, 2.05) is 6.92 Å². The number of hydrogen-bond acceptors (Lipinski definition) is 6. The van der Waals surface area contributed by atoms with Crippen molar-refractivity contribution in [2.45, 2.75) is 18.5 Å². The number of methoxy groups -OCH3 is 1. The van der Waals surface area contributed by atoms with Crippen LogP contribution in [-0.4, -0.2) is 34.7 Å². The number of H-pyrrole nitrogens is 1. The Morgan fingerprint density at radius 1 is 1.33 bits per heavy atom. The van der Waals surface area contributed by atoms with E-state index in [9.17, 15) is 14.4 Å². The molecule has 2 N–H and O–H groups in total. The summed E-state index contributed by atoms with van der Waals surface area (Å²) in [6.45, 7) is 1.90. The van der Waals surface area contributed by atoms with Crippen LogP contribution in [0.5, 0.6) is 0 Å². The minimum absolute atomic E-state index is 0.0472. The van der Waals surface area contributed by atoms with Gasteiger partial charge in [0.25, 0.3) is 5.56 Å². The number of ether oxygens (including phenoxy) is 1. The molecule has 1 aromatic carbocycles. The van der Waals surface area contributed by atoms with Crippen LogP contribution >= 0.6 is 11.8 Å². The Morgan fingerprint density at radius 2 is 2.08 bits per heavy atom. The first-order valence-electron chi connectivity index (χ1n) is 7.23. The van der Waals surface area contributed by atoms with Crippen LogP contribution in [0.25, 0.3) is 0 Å². The predicted molar refractivity (Wildman–Crippen MR) is 91.4 cm³/mol. The molecule has 24 heavy (non-hydrogen) atoms. The summed E-state index contributed by atoms with van der Waals surface area (Å²) < 4.78 is 4.68. The quantitative estimate of drug-likeness (QED) is 0.470. The molecule has 2 rings (SSSR count). The molecule has 1 aromatic heterocycles. The number of esters is 1. The summed E-state index contributed by atoms with van der Waals surface area (Å²) in [5.74, 6) is -0.799. The molecular weight excluding hydrogens is 330 g/mol. The molecule has 0 aliphatic carbocycles.